The summed E-state index contributed by atoms with van der Waals surface area (Å²) in [6.45, 7) is 0.481. The van der Waals surface area contributed by atoms with Crippen LogP contribution in [0.1, 0.15) is 15.2 Å². The molecule has 0 radical (unpaired) electrons. The molecule has 0 N–H and O–H groups in total. The lowest BCUT2D eigenvalue weighted by molar-refractivity contribution is 0.0989. The summed E-state index contributed by atoms with van der Waals surface area (Å²) in [6, 6.07) is 32.0. The summed E-state index contributed by atoms with van der Waals surface area (Å²) >= 11 is 8.29. The maximum Gasteiger partial charge on any atom is 0.270 e. The maximum absolute atomic E-state index is 13.7. The van der Waals surface area contributed by atoms with E-state index >= 15 is 0 Å². The molecule has 0 unspecified atom stereocenters. The molecule has 4 aromatic carbocycles. The Morgan fingerprint density at radius 2 is 1.47 bits per heavy atom. The summed E-state index contributed by atoms with van der Waals surface area (Å²) in [7, 11) is 0. The van der Waals surface area contributed by atoms with E-state index in [2.05, 4.69) is 24.3 Å². The predicted octanol–water partition coefficient (Wildman–Crippen LogP) is 7.55. The number of rotatable bonds is 4. The number of para-hydroxylation sites is 1. The second-order valence-corrected chi connectivity index (χ2v) is 8.55. The van der Waals surface area contributed by atoms with Gasteiger partial charge in [0.25, 0.3) is 5.91 Å². The van der Waals surface area contributed by atoms with Crippen LogP contribution >= 0.6 is 22.9 Å². The van der Waals surface area contributed by atoms with E-state index in [1.165, 1.54) is 11.3 Å². The van der Waals surface area contributed by atoms with Gasteiger partial charge in [0.2, 0.25) is 0 Å². The predicted molar refractivity (Wildman–Crippen MR) is 128 cm³/mol. The highest BCUT2D eigenvalue weighted by molar-refractivity contribution is 7.22. The summed E-state index contributed by atoms with van der Waals surface area (Å²) in [5, 5.41) is 3.68. The Morgan fingerprint density at radius 1 is 0.800 bits per heavy atom. The minimum absolute atomic E-state index is 0.0830. The molecule has 0 saturated heterocycles. The van der Waals surface area contributed by atoms with Crippen LogP contribution in [0.5, 0.6) is 0 Å². The first-order chi connectivity index (χ1) is 14.7. The summed E-state index contributed by atoms with van der Waals surface area (Å²) in [4.78, 5) is 16.1. The van der Waals surface area contributed by atoms with Crippen molar-refractivity contribution >= 4 is 55.4 Å². The lowest BCUT2D eigenvalue weighted by atomic mass is 10.1. The molecular formula is C26H18ClNOS. The third-order valence-corrected chi connectivity index (χ3v) is 6.85. The summed E-state index contributed by atoms with van der Waals surface area (Å²) in [6.07, 6.45) is 0. The van der Waals surface area contributed by atoms with Gasteiger partial charge < -0.3 is 4.90 Å². The number of halogens is 1. The fraction of sp³-hybridized carbons (Fsp3) is 0.0385. The van der Waals surface area contributed by atoms with Crippen molar-refractivity contribution in [1.82, 2.24) is 0 Å². The van der Waals surface area contributed by atoms with Gasteiger partial charge in [0.1, 0.15) is 4.88 Å². The standard InChI is InChI=1S/C26H18ClNOS/c27-24-23-21-14-8-7-11-19(21)15-16-22(23)30-25(24)26(29)28(20-12-5-2-6-13-20)17-18-9-3-1-4-10-18/h1-16H,17H2. The van der Waals surface area contributed by atoms with E-state index in [1.807, 2.05) is 72.8 Å². The molecule has 5 aromatic rings. The molecule has 0 fully saturated rings. The molecule has 0 saturated carbocycles. The number of carbonyl (C=O) groups is 1. The first kappa shape index (κ1) is 18.9. The van der Waals surface area contributed by atoms with E-state index in [4.69, 9.17) is 11.6 Å². The van der Waals surface area contributed by atoms with E-state index in [0.29, 0.717) is 16.4 Å². The molecule has 5 rings (SSSR count). The lowest BCUT2D eigenvalue weighted by Gasteiger charge is -2.22. The molecule has 0 bridgehead atoms. The van der Waals surface area contributed by atoms with Gasteiger partial charge in [-0.05, 0) is 34.5 Å². The van der Waals surface area contributed by atoms with Crippen LogP contribution in [0.15, 0.2) is 97.1 Å². The van der Waals surface area contributed by atoms with Crippen LogP contribution in [0.25, 0.3) is 20.9 Å². The van der Waals surface area contributed by atoms with E-state index < -0.39 is 0 Å². The van der Waals surface area contributed by atoms with E-state index in [-0.39, 0.29) is 5.91 Å². The Bertz CT molecular complexity index is 1350. The van der Waals surface area contributed by atoms with Crippen molar-refractivity contribution in [3.05, 3.63) is 113 Å². The van der Waals surface area contributed by atoms with Gasteiger partial charge in [-0.25, -0.2) is 0 Å². The minimum Gasteiger partial charge on any atom is -0.303 e. The Balaban J connectivity index is 1.63. The first-order valence-electron chi connectivity index (χ1n) is 9.73. The third-order valence-electron chi connectivity index (χ3n) is 5.21. The van der Waals surface area contributed by atoms with Gasteiger partial charge in [0, 0.05) is 15.8 Å². The normalized spacial score (nSPS) is 11.1. The van der Waals surface area contributed by atoms with Crippen LogP contribution in [-0.2, 0) is 6.54 Å². The minimum atomic E-state index is -0.0830. The zero-order chi connectivity index (χ0) is 20.5. The molecule has 0 atom stereocenters. The van der Waals surface area contributed by atoms with Crippen molar-refractivity contribution in [2.75, 3.05) is 4.90 Å². The Kier molecular flexibility index (Phi) is 4.99. The van der Waals surface area contributed by atoms with E-state index in [9.17, 15) is 4.79 Å². The van der Waals surface area contributed by atoms with E-state index in [1.54, 1.807) is 4.90 Å². The molecule has 2 nitrogen and oxygen atoms in total. The highest BCUT2D eigenvalue weighted by Gasteiger charge is 2.25. The molecule has 1 heterocycles. The van der Waals surface area contributed by atoms with Crippen LogP contribution in [0.2, 0.25) is 5.02 Å². The highest BCUT2D eigenvalue weighted by Crippen LogP contribution is 2.40. The molecule has 1 amide bonds. The van der Waals surface area contributed by atoms with Gasteiger partial charge in [0.05, 0.1) is 11.6 Å². The van der Waals surface area contributed by atoms with Crippen LogP contribution in [0, 0.1) is 0 Å². The van der Waals surface area contributed by atoms with Crippen LogP contribution < -0.4 is 4.90 Å². The molecule has 0 aliphatic rings. The van der Waals surface area contributed by atoms with Crippen LogP contribution in [-0.4, -0.2) is 5.91 Å². The van der Waals surface area contributed by atoms with Gasteiger partial charge in [-0.1, -0.05) is 90.5 Å². The Labute approximate surface area is 184 Å². The number of fused-ring (bicyclic) bond motifs is 3. The maximum atomic E-state index is 13.7. The lowest BCUT2D eigenvalue weighted by Crippen LogP contribution is -2.30. The summed E-state index contributed by atoms with van der Waals surface area (Å²) in [5.41, 5.74) is 1.92. The molecule has 1 aromatic heterocycles. The molecule has 0 aliphatic carbocycles. The van der Waals surface area contributed by atoms with Crippen molar-refractivity contribution in [3.63, 3.8) is 0 Å². The van der Waals surface area contributed by atoms with Crippen LogP contribution in [0.3, 0.4) is 0 Å². The molecule has 0 aliphatic heterocycles. The van der Waals surface area contributed by atoms with Gasteiger partial charge in [-0.3, -0.25) is 4.79 Å². The first-order valence-corrected chi connectivity index (χ1v) is 10.9. The molecule has 0 spiro atoms. The average molecular weight is 428 g/mol. The third kappa shape index (κ3) is 3.36. The van der Waals surface area contributed by atoms with Crippen molar-refractivity contribution in [1.29, 1.82) is 0 Å². The number of nitrogens with zero attached hydrogens (tertiary/aromatic N) is 1. The summed E-state index contributed by atoms with van der Waals surface area (Å²) < 4.78 is 1.02. The highest BCUT2D eigenvalue weighted by atomic mass is 35.5. The number of hydrogen-bond acceptors (Lipinski definition) is 2. The number of carbonyl (C=O) groups excluding carboxylic acids is 1. The van der Waals surface area contributed by atoms with Gasteiger partial charge in [-0.2, -0.15) is 0 Å². The fourth-order valence-corrected chi connectivity index (χ4v) is 5.26. The second kappa shape index (κ2) is 7.94. The number of thiophene rings is 1. The van der Waals surface area contributed by atoms with Gasteiger partial charge in [-0.15, -0.1) is 11.3 Å². The van der Waals surface area contributed by atoms with Gasteiger partial charge in [0.15, 0.2) is 0 Å². The van der Waals surface area contributed by atoms with Gasteiger partial charge >= 0.3 is 0 Å². The van der Waals surface area contributed by atoms with Crippen molar-refractivity contribution in [2.24, 2.45) is 0 Å². The number of anilines is 1. The topological polar surface area (TPSA) is 20.3 Å². The van der Waals surface area contributed by atoms with E-state index in [0.717, 1.165) is 32.1 Å². The quantitative estimate of drug-likeness (QED) is 0.290. The van der Waals surface area contributed by atoms with Crippen molar-refractivity contribution < 1.29 is 4.79 Å². The number of amides is 1. The fourth-order valence-electron chi connectivity index (χ4n) is 3.75. The monoisotopic (exact) mass is 427 g/mol. The van der Waals surface area contributed by atoms with Crippen molar-refractivity contribution in [2.45, 2.75) is 6.54 Å². The molecule has 4 heteroatoms. The molecule has 30 heavy (non-hydrogen) atoms. The largest absolute Gasteiger partial charge is 0.303 e. The molecule has 146 valence electrons. The smallest absolute Gasteiger partial charge is 0.270 e. The zero-order valence-corrected chi connectivity index (χ0v) is 17.7. The summed E-state index contributed by atoms with van der Waals surface area (Å²) in [5.74, 6) is -0.0830. The SMILES string of the molecule is O=C(c1sc2ccc3ccccc3c2c1Cl)N(Cc1ccccc1)c1ccccc1. The second-order valence-electron chi connectivity index (χ2n) is 7.12. The Morgan fingerprint density at radius 3 is 2.23 bits per heavy atom. The number of benzene rings is 4. The Hall–Kier alpha value is -3.14. The average Bonchev–Trinajstić information content (AvgIpc) is 3.15. The number of hydrogen-bond donors (Lipinski definition) is 0. The van der Waals surface area contributed by atoms with Crippen LogP contribution in [0.4, 0.5) is 5.69 Å². The van der Waals surface area contributed by atoms with Crippen molar-refractivity contribution in [3.8, 4) is 0 Å². The molecular weight excluding hydrogens is 410 g/mol. The zero-order valence-electron chi connectivity index (χ0n) is 16.1.